The van der Waals surface area contributed by atoms with Gasteiger partial charge < -0.3 is 5.32 Å². The van der Waals surface area contributed by atoms with Gasteiger partial charge in [-0.2, -0.15) is 0 Å². The number of carbonyl (C=O) groups is 2. The number of amides is 1. The van der Waals surface area contributed by atoms with Gasteiger partial charge in [-0.3, -0.25) is 9.59 Å². The van der Waals surface area contributed by atoms with Crippen LogP contribution >= 0.6 is 0 Å². The number of ketones is 1. The molecule has 94 valence electrons. The molecule has 0 fully saturated rings. The van der Waals surface area contributed by atoms with Crippen LogP contribution in [0.4, 0.5) is 0 Å². The Kier molecular flexibility index (Phi) is 8.77. The predicted octanol–water partition coefficient (Wildman–Crippen LogP) is 2.08. The zero-order valence-corrected chi connectivity index (χ0v) is 10.9. The van der Waals surface area contributed by atoms with Crippen molar-refractivity contribution in [3.8, 4) is 11.8 Å². The minimum atomic E-state index is -0.208. The third kappa shape index (κ3) is 10.7. The molecular weight excluding hydrogens is 214 g/mol. The van der Waals surface area contributed by atoms with Crippen LogP contribution in [0.3, 0.4) is 0 Å². The highest BCUT2D eigenvalue weighted by atomic mass is 16.1. The zero-order chi connectivity index (χ0) is 13.1. The summed E-state index contributed by atoms with van der Waals surface area (Å²) in [5, 5.41) is 2.71. The molecule has 0 saturated carbocycles. The molecule has 0 atom stereocenters. The Labute approximate surface area is 104 Å². The SMILES string of the molecule is CC#CCCCC(=O)/C=C/C(=O)NCC(C)C. The first-order valence-corrected chi connectivity index (χ1v) is 5.94. The third-order valence-corrected chi connectivity index (χ3v) is 2.01. The van der Waals surface area contributed by atoms with Gasteiger partial charge in [0.2, 0.25) is 5.91 Å². The molecule has 0 aliphatic rings. The quantitative estimate of drug-likeness (QED) is 0.417. The fourth-order valence-corrected chi connectivity index (χ4v) is 1.09. The lowest BCUT2D eigenvalue weighted by Gasteiger charge is -2.03. The summed E-state index contributed by atoms with van der Waals surface area (Å²) in [6.45, 7) is 6.44. The van der Waals surface area contributed by atoms with Crippen molar-refractivity contribution >= 4 is 11.7 Å². The van der Waals surface area contributed by atoms with Crippen molar-refractivity contribution in [2.75, 3.05) is 6.54 Å². The molecule has 17 heavy (non-hydrogen) atoms. The number of nitrogens with one attached hydrogen (secondary N) is 1. The number of rotatable bonds is 7. The van der Waals surface area contributed by atoms with Gasteiger partial charge in [0.1, 0.15) is 0 Å². The Morgan fingerprint density at radius 1 is 1.29 bits per heavy atom. The molecule has 1 N–H and O–H groups in total. The van der Waals surface area contributed by atoms with Crippen LogP contribution in [0, 0.1) is 17.8 Å². The van der Waals surface area contributed by atoms with Crippen LogP contribution in [0.15, 0.2) is 12.2 Å². The zero-order valence-electron chi connectivity index (χ0n) is 10.9. The molecule has 0 aliphatic heterocycles. The molecule has 0 aromatic carbocycles. The second kappa shape index (κ2) is 9.65. The standard InChI is InChI=1S/C14H21NO2/c1-4-5-6-7-8-13(16)9-10-14(17)15-11-12(2)3/h9-10,12H,6-8,11H2,1-3H3,(H,15,17)/b10-9+. The Balaban J connectivity index is 3.77. The largest absolute Gasteiger partial charge is 0.352 e. The number of hydrogen-bond donors (Lipinski definition) is 1. The van der Waals surface area contributed by atoms with Crippen LogP contribution in [0.25, 0.3) is 0 Å². The van der Waals surface area contributed by atoms with Gasteiger partial charge in [0.15, 0.2) is 5.78 Å². The molecule has 0 radical (unpaired) electrons. The molecule has 1 amide bonds. The van der Waals surface area contributed by atoms with Crippen molar-refractivity contribution < 1.29 is 9.59 Å². The van der Waals surface area contributed by atoms with E-state index in [1.54, 1.807) is 6.92 Å². The lowest BCUT2D eigenvalue weighted by molar-refractivity contribution is -0.118. The van der Waals surface area contributed by atoms with Gasteiger partial charge >= 0.3 is 0 Å². The van der Waals surface area contributed by atoms with Crippen molar-refractivity contribution in [2.24, 2.45) is 5.92 Å². The summed E-state index contributed by atoms with van der Waals surface area (Å²) in [4.78, 5) is 22.6. The highest BCUT2D eigenvalue weighted by Gasteiger charge is 1.99. The Morgan fingerprint density at radius 2 is 2.00 bits per heavy atom. The van der Waals surface area contributed by atoms with Gasteiger partial charge in [-0.1, -0.05) is 13.8 Å². The first kappa shape index (κ1) is 15.4. The number of carbonyl (C=O) groups excluding carboxylic acids is 2. The van der Waals surface area contributed by atoms with Gasteiger partial charge in [-0.25, -0.2) is 0 Å². The molecule has 0 heterocycles. The van der Waals surface area contributed by atoms with E-state index in [2.05, 4.69) is 17.2 Å². The molecule has 3 heteroatoms. The molecule has 0 spiro atoms. The topological polar surface area (TPSA) is 46.2 Å². The van der Waals surface area contributed by atoms with Gasteiger partial charge in [-0.05, 0) is 25.3 Å². The van der Waals surface area contributed by atoms with E-state index in [0.29, 0.717) is 18.9 Å². The van der Waals surface area contributed by atoms with Crippen LogP contribution in [0.1, 0.15) is 40.0 Å². The van der Waals surface area contributed by atoms with E-state index in [-0.39, 0.29) is 11.7 Å². The molecular formula is C14H21NO2. The van der Waals surface area contributed by atoms with Gasteiger partial charge in [-0.15, -0.1) is 11.8 Å². The first-order valence-electron chi connectivity index (χ1n) is 5.94. The summed E-state index contributed by atoms with van der Waals surface area (Å²) in [5.74, 6) is 5.85. The van der Waals surface area contributed by atoms with Crippen LogP contribution in [0.5, 0.6) is 0 Å². The van der Waals surface area contributed by atoms with E-state index in [1.807, 2.05) is 13.8 Å². The number of allylic oxidation sites excluding steroid dienone is 1. The van der Waals surface area contributed by atoms with Crippen LogP contribution < -0.4 is 5.32 Å². The summed E-state index contributed by atoms with van der Waals surface area (Å²) in [6.07, 6.45) is 4.57. The van der Waals surface area contributed by atoms with Gasteiger partial charge in [0, 0.05) is 25.5 Å². The second-order valence-corrected chi connectivity index (χ2v) is 4.22. The molecule has 0 bridgehead atoms. The van der Waals surface area contributed by atoms with E-state index >= 15 is 0 Å². The van der Waals surface area contributed by atoms with Crippen molar-refractivity contribution in [3.63, 3.8) is 0 Å². The first-order chi connectivity index (χ1) is 8.06. The minimum absolute atomic E-state index is 0.0254. The van der Waals surface area contributed by atoms with Gasteiger partial charge in [0.05, 0.1) is 0 Å². The molecule has 3 nitrogen and oxygen atoms in total. The van der Waals surface area contributed by atoms with Crippen molar-refractivity contribution in [3.05, 3.63) is 12.2 Å². The van der Waals surface area contributed by atoms with Crippen LogP contribution in [-0.4, -0.2) is 18.2 Å². The molecule has 0 rings (SSSR count). The maximum atomic E-state index is 11.3. The van der Waals surface area contributed by atoms with Crippen LogP contribution in [0.2, 0.25) is 0 Å². The summed E-state index contributed by atoms with van der Waals surface area (Å²) in [6, 6.07) is 0. The van der Waals surface area contributed by atoms with E-state index in [1.165, 1.54) is 12.2 Å². The fraction of sp³-hybridized carbons (Fsp3) is 0.571. The Hall–Kier alpha value is -1.56. The summed E-state index contributed by atoms with van der Waals surface area (Å²) in [5.41, 5.74) is 0. The van der Waals surface area contributed by atoms with Gasteiger partial charge in [0.25, 0.3) is 0 Å². The van der Waals surface area contributed by atoms with Crippen molar-refractivity contribution in [1.82, 2.24) is 5.32 Å². The minimum Gasteiger partial charge on any atom is -0.352 e. The summed E-state index contributed by atoms with van der Waals surface area (Å²) >= 11 is 0. The summed E-state index contributed by atoms with van der Waals surface area (Å²) in [7, 11) is 0. The second-order valence-electron chi connectivity index (χ2n) is 4.22. The number of hydrogen-bond acceptors (Lipinski definition) is 2. The third-order valence-electron chi connectivity index (χ3n) is 2.01. The van der Waals surface area contributed by atoms with E-state index in [9.17, 15) is 9.59 Å². The monoisotopic (exact) mass is 235 g/mol. The lowest BCUT2D eigenvalue weighted by atomic mass is 10.1. The summed E-state index contributed by atoms with van der Waals surface area (Å²) < 4.78 is 0. The molecule has 0 aliphatic carbocycles. The maximum absolute atomic E-state index is 11.3. The molecule has 0 aromatic heterocycles. The molecule has 0 saturated heterocycles. The molecule has 0 aromatic rings. The Bertz CT molecular complexity index is 332. The normalized spacial score (nSPS) is 10.1. The average Bonchev–Trinajstić information content (AvgIpc) is 2.29. The fourth-order valence-electron chi connectivity index (χ4n) is 1.09. The Morgan fingerprint density at radius 3 is 2.59 bits per heavy atom. The van der Waals surface area contributed by atoms with Crippen molar-refractivity contribution in [1.29, 1.82) is 0 Å². The van der Waals surface area contributed by atoms with E-state index in [0.717, 1.165) is 12.8 Å². The average molecular weight is 235 g/mol. The highest BCUT2D eigenvalue weighted by molar-refractivity contribution is 5.97. The van der Waals surface area contributed by atoms with E-state index < -0.39 is 0 Å². The number of unbranched alkanes of at least 4 members (excludes halogenated alkanes) is 1. The predicted molar refractivity (Wildman–Crippen MR) is 69.3 cm³/mol. The van der Waals surface area contributed by atoms with Crippen LogP contribution in [-0.2, 0) is 9.59 Å². The van der Waals surface area contributed by atoms with Crippen molar-refractivity contribution in [2.45, 2.75) is 40.0 Å². The van der Waals surface area contributed by atoms with E-state index in [4.69, 9.17) is 0 Å². The highest BCUT2D eigenvalue weighted by Crippen LogP contribution is 1.96. The maximum Gasteiger partial charge on any atom is 0.244 e. The smallest absolute Gasteiger partial charge is 0.244 e. The molecule has 0 unspecified atom stereocenters. The lowest BCUT2D eigenvalue weighted by Crippen LogP contribution is -2.25.